The minimum atomic E-state index is -3.50. The third-order valence-corrected chi connectivity index (χ3v) is 6.05. The van der Waals surface area contributed by atoms with Gasteiger partial charge < -0.3 is 9.67 Å². The highest BCUT2D eigenvalue weighted by atomic mass is 32.2. The van der Waals surface area contributed by atoms with E-state index in [1.165, 1.54) is 4.31 Å². The van der Waals surface area contributed by atoms with Gasteiger partial charge in [0.25, 0.3) is 0 Å². The van der Waals surface area contributed by atoms with Crippen molar-refractivity contribution in [1.29, 1.82) is 0 Å². The van der Waals surface area contributed by atoms with E-state index in [0.29, 0.717) is 12.2 Å². The number of nitrogens with zero attached hydrogens (tertiary/aromatic N) is 2. The van der Waals surface area contributed by atoms with Crippen molar-refractivity contribution in [2.45, 2.75) is 44.4 Å². The highest BCUT2D eigenvalue weighted by Gasteiger charge is 2.26. The van der Waals surface area contributed by atoms with E-state index in [0.717, 1.165) is 12.2 Å². The molecule has 1 rings (SSSR count). The summed E-state index contributed by atoms with van der Waals surface area (Å²) in [6, 6.07) is 1.50. The van der Waals surface area contributed by atoms with Gasteiger partial charge in [-0.2, -0.15) is 16.1 Å². The summed E-state index contributed by atoms with van der Waals surface area (Å²) < 4.78 is 28.3. The van der Waals surface area contributed by atoms with Crippen molar-refractivity contribution in [2.24, 2.45) is 0 Å². The predicted octanol–water partition coefficient (Wildman–Crippen LogP) is 1.76. The molecule has 0 aliphatic rings. The molecule has 0 fully saturated rings. The third kappa shape index (κ3) is 3.78. The molecule has 0 saturated heterocycles. The van der Waals surface area contributed by atoms with Crippen molar-refractivity contribution >= 4 is 21.8 Å². The normalized spacial score (nSPS) is 13.9. The smallest absolute Gasteiger partial charge is 0.244 e. The Morgan fingerprint density at radius 2 is 2.15 bits per heavy atom. The van der Waals surface area contributed by atoms with Gasteiger partial charge in [0.05, 0.1) is 6.61 Å². The van der Waals surface area contributed by atoms with Crippen LogP contribution in [-0.4, -0.2) is 47.5 Å². The molecule has 1 atom stereocenters. The van der Waals surface area contributed by atoms with E-state index in [1.807, 2.05) is 20.1 Å². The number of thioether (sulfide) groups is 1. The van der Waals surface area contributed by atoms with Crippen LogP contribution in [0.15, 0.2) is 17.2 Å². The molecule has 1 aromatic rings. The van der Waals surface area contributed by atoms with Gasteiger partial charge in [0.2, 0.25) is 10.0 Å². The Hall–Kier alpha value is -0.500. The monoisotopic (exact) mass is 320 g/mol. The van der Waals surface area contributed by atoms with Crippen LogP contribution in [0, 0.1) is 0 Å². The molecule has 0 bridgehead atoms. The van der Waals surface area contributed by atoms with Gasteiger partial charge in [-0.3, -0.25) is 0 Å². The number of aryl methyl sites for hydroxylation is 1. The van der Waals surface area contributed by atoms with Gasteiger partial charge in [-0.1, -0.05) is 6.92 Å². The Kier molecular flexibility index (Phi) is 6.57. The minimum absolute atomic E-state index is 0.0675. The lowest BCUT2D eigenvalue weighted by molar-refractivity contribution is 0.270. The van der Waals surface area contributed by atoms with Gasteiger partial charge in [0.15, 0.2) is 0 Å². The molecule has 0 saturated carbocycles. The van der Waals surface area contributed by atoms with Crippen LogP contribution in [0.5, 0.6) is 0 Å². The molecule has 0 spiro atoms. The van der Waals surface area contributed by atoms with Gasteiger partial charge in [-0.05, 0) is 25.7 Å². The van der Waals surface area contributed by atoms with E-state index in [2.05, 4.69) is 0 Å². The van der Waals surface area contributed by atoms with Crippen LogP contribution < -0.4 is 0 Å². The van der Waals surface area contributed by atoms with E-state index in [9.17, 15) is 13.5 Å². The molecule has 1 aromatic heterocycles. The first-order chi connectivity index (χ1) is 9.38. The predicted molar refractivity (Wildman–Crippen MR) is 83.4 cm³/mol. The minimum Gasteiger partial charge on any atom is -0.390 e. The van der Waals surface area contributed by atoms with E-state index in [4.69, 9.17) is 0 Å². The van der Waals surface area contributed by atoms with Gasteiger partial charge in [0.1, 0.15) is 4.90 Å². The highest BCUT2D eigenvalue weighted by molar-refractivity contribution is 7.98. The molecule has 116 valence electrons. The number of aromatic nitrogens is 1. The Bertz CT molecular complexity index is 526. The summed E-state index contributed by atoms with van der Waals surface area (Å²) in [7, 11) is -1.90. The van der Waals surface area contributed by atoms with Crippen molar-refractivity contribution in [1.82, 2.24) is 8.87 Å². The summed E-state index contributed by atoms with van der Waals surface area (Å²) in [4.78, 5) is 0.255. The number of hydrogen-bond donors (Lipinski definition) is 1. The maximum Gasteiger partial charge on any atom is 0.244 e. The molecule has 5 nitrogen and oxygen atoms in total. The zero-order valence-electron chi connectivity index (χ0n) is 12.5. The average Bonchev–Trinajstić information content (AvgIpc) is 2.82. The van der Waals surface area contributed by atoms with Crippen molar-refractivity contribution in [2.75, 3.05) is 19.1 Å². The topological polar surface area (TPSA) is 62.5 Å². The van der Waals surface area contributed by atoms with Gasteiger partial charge in [-0.15, -0.1) is 0 Å². The summed E-state index contributed by atoms with van der Waals surface area (Å²) >= 11 is 1.62. The standard InChI is InChI=1S/C13H24N2O3S2/c1-5-6-15-8-13(7-12(15)9-16)20(17,18)14(3)11(2)10-19-4/h7-8,11,16H,5-6,9-10H2,1-4H3. The molecule has 0 aromatic carbocycles. The van der Waals surface area contributed by atoms with Crippen molar-refractivity contribution in [3.63, 3.8) is 0 Å². The second kappa shape index (κ2) is 7.49. The quantitative estimate of drug-likeness (QED) is 0.793. The molecule has 0 aliphatic heterocycles. The molecule has 7 heteroatoms. The van der Waals surface area contributed by atoms with Gasteiger partial charge >= 0.3 is 0 Å². The number of rotatable bonds is 8. The summed E-state index contributed by atoms with van der Waals surface area (Å²) in [5.41, 5.74) is 0.636. The molecule has 1 heterocycles. The fourth-order valence-corrected chi connectivity index (χ4v) is 4.22. The van der Waals surface area contributed by atoms with Crippen LogP contribution in [0.2, 0.25) is 0 Å². The van der Waals surface area contributed by atoms with Gasteiger partial charge in [-0.25, -0.2) is 8.42 Å². The first-order valence-corrected chi connectivity index (χ1v) is 9.48. The Balaban J connectivity index is 3.09. The maximum atomic E-state index is 12.6. The summed E-state index contributed by atoms with van der Waals surface area (Å²) in [6.45, 7) is 4.46. The summed E-state index contributed by atoms with van der Waals surface area (Å²) in [5, 5.41) is 9.32. The third-order valence-electron chi connectivity index (χ3n) is 3.29. The van der Waals surface area contributed by atoms with Gasteiger partial charge in [0, 0.05) is 37.3 Å². The fraction of sp³-hybridized carbons (Fsp3) is 0.692. The lowest BCUT2D eigenvalue weighted by atomic mass is 10.4. The Morgan fingerprint density at radius 3 is 2.65 bits per heavy atom. The lowest BCUT2D eigenvalue weighted by Gasteiger charge is -2.23. The first kappa shape index (κ1) is 17.6. The van der Waals surface area contributed by atoms with Crippen LogP contribution in [0.25, 0.3) is 0 Å². The van der Waals surface area contributed by atoms with E-state index >= 15 is 0 Å². The summed E-state index contributed by atoms with van der Waals surface area (Å²) in [6.07, 6.45) is 4.46. The molecule has 1 unspecified atom stereocenters. The lowest BCUT2D eigenvalue weighted by Crippen LogP contribution is -2.36. The first-order valence-electron chi connectivity index (χ1n) is 6.65. The molecule has 1 N–H and O–H groups in total. The fourth-order valence-electron chi connectivity index (χ4n) is 2.00. The number of hydrogen-bond acceptors (Lipinski definition) is 4. The van der Waals surface area contributed by atoms with E-state index in [1.54, 1.807) is 35.6 Å². The van der Waals surface area contributed by atoms with Crippen LogP contribution in [0.4, 0.5) is 0 Å². The Labute approximate surface area is 126 Å². The molecule has 0 radical (unpaired) electrons. The van der Waals surface area contributed by atoms with E-state index in [-0.39, 0.29) is 17.5 Å². The van der Waals surface area contributed by atoms with Crippen LogP contribution in [0.1, 0.15) is 26.0 Å². The molecule has 0 aliphatic carbocycles. The number of aliphatic hydroxyl groups is 1. The maximum absolute atomic E-state index is 12.6. The Morgan fingerprint density at radius 1 is 1.50 bits per heavy atom. The molecular formula is C13H24N2O3S2. The van der Waals surface area contributed by atoms with Crippen molar-refractivity contribution in [3.05, 3.63) is 18.0 Å². The zero-order chi connectivity index (χ0) is 15.3. The summed E-state index contributed by atoms with van der Waals surface area (Å²) in [5.74, 6) is 0.748. The number of sulfonamides is 1. The average molecular weight is 320 g/mol. The molecule has 0 amide bonds. The van der Waals surface area contributed by atoms with E-state index < -0.39 is 10.0 Å². The SMILES string of the molecule is CCCn1cc(S(=O)(=O)N(C)C(C)CSC)cc1CO. The van der Waals surface area contributed by atoms with Crippen molar-refractivity contribution < 1.29 is 13.5 Å². The van der Waals surface area contributed by atoms with Crippen molar-refractivity contribution in [3.8, 4) is 0 Å². The second-order valence-electron chi connectivity index (χ2n) is 4.84. The number of aliphatic hydroxyl groups excluding tert-OH is 1. The second-order valence-corrected chi connectivity index (χ2v) is 7.75. The zero-order valence-corrected chi connectivity index (χ0v) is 14.2. The van der Waals surface area contributed by atoms with Crippen LogP contribution in [0.3, 0.4) is 0 Å². The van der Waals surface area contributed by atoms with Crippen LogP contribution in [-0.2, 0) is 23.2 Å². The molecule has 20 heavy (non-hydrogen) atoms. The molecular weight excluding hydrogens is 296 g/mol. The van der Waals surface area contributed by atoms with Crippen LogP contribution >= 0.6 is 11.8 Å². The highest BCUT2D eigenvalue weighted by Crippen LogP contribution is 2.21. The largest absolute Gasteiger partial charge is 0.390 e.